The van der Waals surface area contributed by atoms with Crippen molar-refractivity contribution < 1.29 is 23.2 Å². The van der Waals surface area contributed by atoms with Gasteiger partial charge in [-0.25, -0.2) is 4.79 Å². The molecular formula is C8H19NO5Si. The molecular weight excluding hydrogens is 218 g/mol. The lowest BCUT2D eigenvalue weighted by Crippen LogP contribution is -2.50. The van der Waals surface area contributed by atoms with E-state index in [2.05, 4.69) is 5.32 Å². The fraction of sp³-hybridized carbons (Fsp3) is 0.875. The summed E-state index contributed by atoms with van der Waals surface area (Å²) in [6.45, 7) is 2.21. The van der Waals surface area contributed by atoms with E-state index in [4.69, 9.17) is 18.4 Å². The Kier molecular flexibility index (Phi) is 6.49. The van der Waals surface area contributed by atoms with Gasteiger partial charge in [-0.15, -0.1) is 0 Å². The van der Waals surface area contributed by atoms with Gasteiger partial charge in [0.2, 0.25) is 0 Å². The molecule has 0 aromatic rings. The summed E-state index contributed by atoms with van der Waals surface area (Å²) < 4.78 is 15.8. The van der Waals surface area contributed by atoms with Gasteiger partial charge < -0.3 is 23.7 Å². The normalized spacial score (nSPS) is 13.6. The Morgan fingerprint density at radius 3 is 2.07 bits per heavy atom. The number of hydrogen-bond donors (Lipinski definition) is 2. The Hall–Kier alpha value is -0.633. The minimum Gasteiger partial charge on any atom is -0.465 e. The smallest absolute Gasteiger partial charge is 0.465 e. The summed E-state index contributed by atoms with van der Waals surface area (Å²) in [5.41, 5.74) is -0.0754. The summed E-state index contributed by atoms with van der Waals surface area (Å²) in [5, 5.41) is 10.8. The van der Waals surface area contributed by atoms with Gasteiger partial charge in [0.05, 0.1) is 0 Å². The number of nitrogens with one attached hydrogen (secondary N) is 1. The predicted octanol–water partition coefficient (Wildman–Crippen LogP) is 0.912. The number of hydrogen-bond acceptors (Lipinski definition) is 4. The summed E-state index contributed by atoms with van der Waals surface area (Å²) in [4.78, 5) is 10.4. The molecule has 0 fully saturated rings. The maximum atomic E-state index is 10.4. The summed E-state index contributed by atoms with van der Waals surface area (Å²) in [6, 6.07) is 0. The van der Waals surface area contributed by atoms with Crippen LogP contribution in [0.25, 0.3) is 0 Å². The van der Waals surface area contributed by atoms with Crippen LogP contribution in [0.15, 0.2) is 0 Å². The summed E-state index contributed by atoms with van der Waals surface area (Å²) in [6.07, 6.45) is -0.332. The Balaban J connectivity index is 4.51. The van der Waals surface area contributed by atoms with Gasteiger partial charge in [0.15, 0.2) is 0 Å². The molecule has 0 aliphatic heterocycles. The van der Waals surface area contributed by atoms with Crippen molar-refractivity contribution in [2.75, 3.05) is 27.9 Å². The van der Waals surface area contributed by atoms with Crippen LogP contribution in [0.3, 0.4) is 0 Å². The second kappa shape index (κ2) is 6.78. The quantitative estimate of drug-likeness (QED) is 0.644. The van der Waals surface area contributed by atoms with E-state index in [1.807, 2.05) is 6.92 Å². The average Bonchev–Trinajstić information content (AvgIpc) is 2.24. The van der Waals surface area contributed by atoms with Crippen molar-refractivity contribution in [2.45, 2.75) is 18.9 Å². The summed E-state index contributed by atoms with van der Waals surface area (Å²) in [5.74, 6) is 0. The van der Waals surface area contributed by atoms with Crippen LogP contribution in [-0.2, 0) is 13.3 Å². The molecule has 1 unspecified atom stereocenters. The molecule has 0 saturated carbocycles. The van der Waals surface area contributed by atoms with Crippen molar-refractivity contribution >= 4 is 14.9 Å². The largest absolute Gasteiger partial charge is 0.505 e. The Bertz CT molecular complexity index is 189. The van der Waals surface area contributed by atoms with Gasteiger partial charge in [0.25, 0.3) is 0 Å². The lowest BCUT2D eigenvalue weighted by atomic mass is 10.3. The fourth-order valence-corrected chi connectivity index (χ4v) is 3.83. The first-order valence-electron chi connectivity index (χ1n) is 4.68. The zero-order valence-corrected chi connectivity index (χ0v) is 10.6. The van der Waals surface area contributed by atoms with Crippen LogP contribution in [-0.4, -0.2) is 47.9 Å². The molecule has 0 bridgehead atoms. The van der Waals surface area contributed by atoms with E-state index in [1.165, 1.54) is 21.3 Å². The van der Waals surface area contributed by atoms with Crippen molar-refractivity contribution in [2.24, 2.45) is 0 Å². The maximum absolute atomic E-state index is 10.4. The standard InChI is InChI=1S/C8H19NO5Si/c1-5-7(6-9-8(10)11)15(12-2,13-3)14-4/h7,9H,5-6H2,1-4H3,(H,10,11). The van der Waals surface area contributed by atoms with Gasteiger partial charge in [-0.1, -0.05) is 6.92 Å². The molecule has 15 heavy (non-hydrogen) atoms. The number of rotatable bonds is 7. The molecule has 7 heteroatoms. The lowest BCUT2D eigenvalue weighted by molar-refractivity contribution is 0.109. The Morgan fingerprint density at radius 1 is 1.33 bits per heavy atom. The SMILES string of the molecule is CCC(CNC(=O)O)[Si](OC)(OC)OC. The zero-order valence-electron chi connectivity index (χ0n) is 9.57. The first kappa shape index (κ1) is 14.4. The molecule has 0 heterocycles. The van der Waals surface area contributed by atoms with Crippen LogP contribution in [0.1, 0.15) is 13.3 Å². The van der Waals surface area contributed by atoms with Crippen LogP contribution in [0.5, 0.6) is 0 Å². The molecule has 0 aromatic carbocycles. The number of carbonyl (C=O) groups is 1. The van der Waals surface area contributed by atoms with Crippen molar-refractivity contribution in [1.82, 2.24) is 5.32 Å². The van der Waals surface area contributed by atoms with Crippen LogP contribution in [0, 0.1) is 0 Å². The van der Waals surface area contributed by atoms with Crippen molar-refractivity contribution in [1.29, 1.82) is 0 Å². The molecule has 1 amide bonds. The highest BCUT2D eigenvalue weighted by atomic mass is 28.4. The monoisotopic (exact) mass is 237 g/mol. The molecule has 1 atom stereocenters. The Morgan fingerprint density at radius 2 is 1.80 bits per heavy atom. The van der Waals surface area contributed by atoms with Crippen LogP contribution < -0.4 is 5.32 Å². The molecule has 0 aliphatic carbocycles. The average molecular weight is 237 g/mol. The highest BCUT2D eigenvalue weighted by Crippen LogP contribution is 2.26. The third kappa shape index (κ3) is 3.78. The number of carboxylic acid groups (broad SMARTS) is 1. The molecule has 0 spiro atoms. The van der Waals surface area contributed by atoms with Gasteiger partial charge in [-0.2, -0.15) is 0 Å². The molecule has 0 aliphatic rings. The molecule has 0 radical (unpaired) electrons. The van der Waals surface area contributed by atoms with Gasteiger partial charge in [-0.05, 0) is 6.42 Å². The minimum absolute atomic E-state index is 0.0754. The van der Waals surface area contributed by atoms with E-state index in [9.17, 15) is 4.79 Å². The van der Waals surface area contributed by atoms with E-state index in [-0.39, 0.29) is 12.1 Å². The van der Waals surface area contributed by atoms with Crippen LogP contribution in [0.2, 0.25) is 5.54 Å². The summed E-state index contributed by atoms with van der Waals surface area (Å²) >= 11 is 0. The topological polar surface area (TPSA) is 77.0 Å². The van der Waals surface area contributed by atoms with E-state index in [0.29, 0.717) is 0 Å². The van der Waals surface area contributed by atoms with Gasteiger partial charge >= 0.3 is 14.9 Å². The van der Waals surface area contributed by atoms with Gasteiger partial charge in [-0.3, -0.25) is 0 Å². The highest BCUT2D eigenvalue weighted by molar-refractivity contribution is 6.62. The van der Waals surface area contributed by atoms with Gasteiger partial charge in [0, 0.05) is 33.4 Å². The van der Waals surface area contributed by atoms with E-state index >= 15 is 0 Å². The number of amides is 1. The second-order valence-electron chi connectivity index (χ2n) is 3.01. The third-order valence-corrected chi connectivity index (χ3v) is 5.67. The molecule has 2 N–H and O–H groups in total. The molecule has 0 aromatic heterocycles. The minimum atomic E-state index is -2.74. The predicted molar refractivity (Wildman–Crippen MR) is 56.8 cm³/mol. The van der Waals surface area contributed by atoms with E-state index in [0.717, 1.165) is 6.42 Å². The Labute approximate surface area is 90.9 Å². The molecule has 6 nitrogen and oxygen atoms in total. The fourth-order valence-electron chi connectivity index (χ4n) is 1.48. The first-order chi connectivity index (χ1) is 7.06. The van der Waals surface area contributed by atoms with E-state index in [1.54, 1.807) is 0 Å². The highest BCUT2D eigenvalue weighted by Gasteiger charge is 2.46. The van der Waals surface area contributed by atoms with Crippen molar-refractivity contribution in [3.63, 3.8) is 0 Å². The molecule has 90 valence electrons. The molecule has 0 saturated heterocycles. The summed E-state index contributed by atoms with van der Waals surface area (Å²) in [7, 11) is 1.81. The third-order valence-electron chi connectivity index (χ3n) is 2.35. The van der Waals surface area contributed by atoms with Crippen LogP contribution in [0.4, 0.5) is 4.79 Å². The maximum Gasteiger partial charge on any atom is 0.505 e. The van der Waals surface area contributed by atoms with Gasteiger partial charge in [0.1, 0.15) is 0 Å². The first-order valence-corrected chi connectivity index (χ1v) is 6.48. The lowest BCUT2D eigenvalue weighted by Gasteiger charge is -2.31. The van der Waals surface area contributed by atoms with E-state index < -0.39 is 14.9 Å². The molecule has 0 rings (SSSR count). The second-order valence-corrected chi connectivity index (χ2v) is 6.26. The van der Waals surface area contributed by atoms with Crippen molar-refractivity contribution in [3.05, 3.63) is 0 Å². The van der Waals surface area contributed by atoms with Crippen LogP contribution >= 0.6 is 0 Å². The zero-order chi connectivity index (χ0) is 11.9. The van der Waals surface area contributed by atoms with Crippen molar-refractivity contribution in [3.8, 4) is 0 Å².